The third-order valence-electron chi connectivity index (χ3n) is 2.96. The second-order valence-corrected chi connectivity index (χ2v) is 4.17. The van der Waals surface area contributed by atoms with E-state index in [1.807, 2.05) is 0 Å². The molecule has 0 bridgehead atoms. The van der Waals surface area contributed by atoms with Crippen LogP contribution in [0.25, 0.3) is 0 Å². The highest BCUT2D eigenvalue weighted by Crippen LogP contribution is 2.20. The first-order chi connectivity index (χ1) is 8.11. The summed E-state index contributed by atoms with van der Waals surface area (Å²) in [6.07, 6.45) is 0.651. The second kappa shape index (κ2) is 4.61. The van der Waals surface area contributed by atoms with Gasteiger partial charge in [-0.15, -0.1) is 0 Å². The minimum atomic E-state index is -0.254. The summed E-state index contributed by atoms with van der Waals surface area (Å²) in [6, 6.07) is 3.41. The van der Waals surface area contributed by atoms with Gasteiger partial charge in [0.25, 0.3) is 5.91 Å². The predicted molar refractivity (Wildman–Crippen MR) is 59.5 cm³/mol. The number of hydrogen-bond donors (Lipinski definition) is 0. The molecule has 1 saturated heterocycles. The molecule has 1 amide bonds. The highest BCUT2D eigenvalue weighted by Gasteiger charge is 2.32. The Labute approximate surface area is 99.3 Å². The average molecular weight is 237 g/mol. The maximum absolute atomic E-state index is 12.0. The van der Waals surface area contributed by atoms with Crippen LogP contribution in [0.2, 0.25) is 0 Å². The summed E-state index contributed by atoms with van der Waals surface area (Å²) in [6.45, 7) is 2.77. The maximum atomic E-state index is 12.0. The van der Waals surface area contributed by atoms with E-state index in [9.17, 15) is 9.59 Å². The van der Waals surface area contributed by atoms with Crippen LogP contribution in [0.3, 0.4) is 0 Å². The molecule has 1 aromatic heterocycles. The summed E-state index contributed by atoms with van der Waals surface area (Å²) < 4.78 is 9.94. The molecule has 0 N–H and O–H groups in total. The molecule has 1 aliphatic rings. The van der Waals surface area contributed by atoms with E-state index in [0.717, 1.165) is 0 Å². The van der Waals surface area contributed by atoms with Crippen molar-refractivity contribution in [3.05, 3.63) is 23.7 Å². The van der Waals surface area contributed by atoms with Gasteiger partial charge in [0.05, 0.1) is 13.0 Å². The molecule has 2 rings (SSSR count). The van der Waals surface area contributed by atoms with Crippen LogP contribution in [0.5, 0.6) is 0 Å². The third kappa shape index (κ3) is 2.33. The maximum Gasteiger partial charge on any atom is 0.310 e. The fourth-order valence-electron chi connectivity index (χ4n) is 2.01. The fourth-order valence-corrected chi connectivity index (χ4v) is 2.01. The molecule has 2 heterocycles. The molecule has 1 aliphatic heterocycles. The van der Waals surface area contributed by atoms with Crippen LogP contribution in [0.15, 0.2) is 16.5 Å². The van der Waals surface area contributed by atoms with Gasteiger partial charge >= 0.3 is 5.97 Å². The molecule has 0 saturated carbocycles. The second-order valence-electron chi connectivity index (χ2n) is 4.17. The number of likely N-dealkylation sites (tertiary alicyclic amines) is 1. The Morgan fingerprint density at radius 3 is 2.82 bits per heavy atom. The monoisotopic (exact) mass is 237 g/mol. The van der Waals surface area contributed by atoms with E-state index < -0.39 is 0 Å². The Morgan fingerprint density at radius 2 is 2.24 bits per heavy atom. The lowest BCUT2D eigenvalue weighted by Gasteiger charge is -2.14. The summed E-state index contributed by atoms with van der Waals surface area (Å²) in [4.78, 5) is 25.0. The summed E-state index contributed by atoms with van der Waals surface area (Å²) in [5, 5.41) is 0. The van der Waals surface area contributed by atoms with Gasteiger partial charge < -0.3 is 14.1 Å². The van der Waals surface area contributed by atoms with Crippen LogP contribution < -0.4 is 0 Å². The number of ether oxygens (including phenoxy) is 1. The number of esters is 1. The molecular formula is C12H15NO4. The zero-order valence-corrected chi connectivity index (χ0v) is 9.93. The standard InChI is InChI=1S/C12H15NO4/c1-8-3-4-10(17-8)11(14)13-6-5-9(7-13)12(15)16-2/h3-4,9H,5-7H2,1-2H3. The summed E-state index contributed by atoms with van der Waals surface area (Å²) in [5.41, 5.74) is 0. The minimum absolute atomic E-state index is 0.162. The Kier molecular flexibility index (Phi) is 3.17. The van der Waals surface area contributed by atoms with Crippen molar-refractivity contribution in [2.75, 3.05) is 20.2 Å². The molecule has 5 heteroatoms. The number of carbonyl (C=O) groups excluding carboxylic acids is 2. The van der Waals surface area contributed by atoms with Gasteiger partial charge in [0.15, 0.2) is 5.76 Å². The van der Waals surface area contributed by atoms with Crippen LogP contribution in [0.1, 0.15) is 22.7 Å². The molecule has 92 valence electrons. The molecule has 0 aliphatic carbocycles. The number of aryl methyl sites for hydroxylation is 1. The molecule has 5 nitrogen and oxygen atoms in total. The number of amides is 1. The highest BCUT2D eigenvalue weighted by molar-refractivity contribution is 5.92. The van der Waals surface area contributed by atoms with E-state index in [4.69, 9.17) is 4.42 Å². The van der Waals surface area contributed by atoms with E-state index in [2.05, 4.69) is 4.74 Å². The van der Waals surface area contributed by atoms with Crippen molar-refractivity contribution >= 4 is 11.9 Å². The van der Waals surface area contributed by atoms with Crippen molar-refractivity contribution in [3.8, 4) is 0 Å². The largest absolute Gasteiger partial charge is 0.469 e. The van der Waals surface area contributed by atoms with Crippen LogP contribution in [0.4, 0.5) is 0 Å². The van der Waals surface area contributed by atoms with Gasteiger partial charge in [-0.25, -0.2) is 0 Å². The number of methoxy groups -OCH3 is 1. The number of rotatable bonds is 2. The van der Waals surface area contributed by atoms with Gasteiger partial charge in [0.1, 0.15) is 5.76 Å². The lowest BCUT2D eigenvalue weighted by atomic mass is 10.1. The number of furan rings is 1. The Morgan fingerprint density at radius 1 is 1.47 bits per heavy atom. The topological polar surface area (TPSA) is 59.8 Å². The SMILES string of the molecule is COC(=O)C1CCN(C(=O)c2ccc(C)o2)C1. The van der Waals surface area contributed by atoms with Gasteiger partial charge in [-0.1, -0.05) is 0 Å². The first kappa shape index (κ1) is 11.7. The van der Waals surface area contributed by atoms with Gasteiger partial charge in [0.2, 0.25) is 0 Å². The summed E-state index contributed by atoms with van der Waals surface area (Å²) in [5.74, 6) is 0.408. The molecular weight excluding hydrogens is 222 g/mol. The van der Waals surface area contributed by atoms with Crippen molar-refractivity contribution in [1.29, 1.82) is 0 Å². The van der Waals surface area contributed by atoms with Gasteiger partial charge in [-0.2, -0.15) is 0 Å². The van der Waals surface area contributed by atoms with E-state index in [1.165, 1.54) is 7.11 Å². The smallest absolute Gasteiger partial charge is 0.310 e. The number of carbonyl (C=O) groups is 2. The summed E-state index contributed by atoms with van der Waals surface area (Å²) in [7, 11) is 1.36. The van der Waals surface area contributed by atoms with E-state index in [0.29, 0.717) is 31.0 Å². The Balaban J connectivity index is 2.01. The lowest BCUT2D eigenvalue weighted by Crippen LogP contribution is -2.29. The molecule has 0 spiro atoms. The zero-order valence-electron chi connectivity index (χ0n) is 9.93. The van der Waals surface area contributed by atoms with Crippen molar-refractivity contribution < 1.29 is 18.7 Å². The highest BCUT2D eigenvalue weighted by atomic mass is 16.5. The fraction of sp³-hybridized carbons (Fsp3) is 0.500. The zero-order chi connectivity index (χ0) is 12.4. The van der Waals surface area contributed by atoms with Crippen LogP contribution >= 0.6 is 0 Å². The first-order valence-corrected chi connectivity index (χ1v) is 5.55. The quantitative estimate of drug-likeness (QED) is 0.726. The van der Waals surface area contributed by atoms with Gasteiger partial charge in [0, 0.05) is 13.1 Å². The molecule has 1 aromatic rings. The van der Waals surface area contributed by atoms with Crippen LogP contribution in [-0.2, 0) is 9.53 Å². The van der Waals surface area contributed by atoms with Crippen LogP contribution in [-0.4, -0.2) is 37.0 Å². The van der Waals surface area contributed by atoms with Crippen LogP contribution in [0, 0.1) is 12.8 Å². The lowest BCUT2D eigenvalue weighted by molar-refractivity contribution is -0.144. The van der Waals surface area contributed by atoms with Crippen molar-refractivity contribution in [2.24, 2.45) is 5.92 Å². The van der Waals surface area contributed by atoms with Crippen molar-refractivity contribution in [2.45, 2.75) is 13.3 Å². The molecule has 1 unspecified atom stereocenters. The van der Waals surface area contributed by atoms with E-state index in [1.54, 1.807) is 24.0 Å². The van der Waals surface area contributed by atoms with Crippen molar-refractivity contribution in [1.82, 2.24) is 4.90 Å². The molecule has 0 radical (unpaired) electrons. The normalized spacial score (nSPS) is 19.4. The minimum Gasteiger partial charge on any atom is -0.469 e. The molecule has 17 heavy (non-hydrogen) atoms. The first-order valence-electron chi connectivity index (χ1n) is 5.55. The molecule has 1 fully saturated rings. The Hall–Kier alpha value is -1.78. The summed E-state index contributed by atoms with van der Waals surface area (Å²) >= 11 is 0. The number of hydrogen-bond acceptors (Lipinski definition) is 4. The number of nitrogens with zero attached hydrogens (tertiary/aromatic N) is 1. The van der Waals surface area contributed by atoms with E-state index in [-0.39, 0.29) is 17.8 Å². The van der Waals surface area contributed by atoms with Gasteiger partial charge in [-0.3, -0.25) is 9.59 Å². The van der Waals surface area contributed by atoms with Gasteiger partial charge in [-0.05, 0) is 25.5 Å². The molecule has 1 atom stereocenters. The Bertz CT molecular complexity index is 437. The predicted octanol–water partition coefficient (Wildman–Crippen LogP) is 1.22. The third-order valence-corrected chi connectivity index (χ3v) is 2.96. The van der Waals surface area contributed by atoms with E-state index >= 15 is 0 Å². The van der Waals surface area contributed by atoms with Crippen molar-refractivity contribution in [3.63, 3.8) is 0 Å². The average Bonchev–Trinajstić information content (AvgIpc) is 2.95. The molecule has 0 aromatic carbocycles.